The molecule has 6 N–H and O–H groups in total. The first-order chi connectivity index (χ1) is 13.3. The van der Waals surface area contributed by atoms with E-state index in [4.69, 9.17) is 4.74 Å². The average Bonchev–Trinajstić information content (AvgIpc) is 3.16. The van der Waals surface area contributed by atoms with E-state index in [1.54, 1.807) is 32.4 Å². The van der Waals surface area contributed by atoms with Crippen molar-refractivity contribution < 1.29 is 38.5 Å². The fourth-order valence-electron chi connectivity index (χ4n) is 3.40. The number of H-pyrrole nitrogens is 1. The summed E-state index contributed by atoms with van der Waals surface area (Å²) in [6.45, 7) is 1.61. The number of aromatic nitrogens is 1. The number of benzene rings is 1. The van der Waals surface area contributed by atoms with Crippen LogP contribution in [-0.4, -0.2) is 41.9 Å². The Morgan fingerprint density at radius 2 is 1.62 bits per heavy atom. The third-order valence-electron chi connectivity index (χ3n) is 5.16. The van der Waals surface area contributed by atoms with Crippen LogP contribution < -0.4 is 4.74 Å². The Labute approximate surface area is 169 Å². The van der Waals surface area contributed by atoms with E-state index >= 15 is 0 Å². The van der Waals surface area contributed by atoms with E-state index in [-0.39, 0.29) is 0 Å². The Kier molecular flexibility index (Phi) is 7.18. The molecule has 29 heavy (non-hydrogen) atoms. The topological polar surface area (TPSA) is 160 Å². The molecule has 1 aromatic heterocycles. The van der Waals surface area contributed by atoms with Gasteiger partial charge in [0.1, 0.15) is 5.75 Å². The molecule has 1 atom stereocenters. The second kappa shape index (κ2) is 8.74. The number of hydrogen-bond acceptors (Lipinski definition) is 4. The Hall–Kier alpha value is -1.44. The molecule has 0 amide bonds. The molecule has 2 rings (SSSR count). The first kappa shape index (κ1) is 23.8. The van der Waals surface area contributed by atoms with Gasteiger partial charge in [0.2, 0.25) is 0 Å². The second-order valence-corrected chi connectivity index (χ2v) is 11.4. The zero-order valence-corrected chi connectivity index (χ0v) is 18.0. The van der Waals surface area contributed by atoms with Crippen LogP contribution in [0.25, 0.3) is 0 Å². The molecular formula is C18H27NO8P2. The summed E-state index contributed by atoms with van der Waals surface area (Å²) in [5, 5.41) is 6.97. The summed E-state index contributed by atoms with van der Waals surface area (Å²) in [5.74, 6) is 0.721. The lowest BCUT2D eigenvalue weighted by Gasteiger charge is -2.38. The monoisotopic (exact) mass is 447 g/mol. The highest BCUT2D eigenvalue weighted by molar-refractivity contribution is 7.72. The minimum Gasteiger partial charge on any atom is -0.497 e. The maximum Gasteiger partial charge on any atom is 0.369 e. The lowest BCUT2D eigenvalue weighted by molar-refractivity contribution is 0.0971. The molecule has 0 saturated heterocycles. The second-order valence-electron chi connectivity index (χ2n) is 7.39. The van der Waals surface area contributed by atoms with Gasteiger partial charge in [-0.25, -0.2) is 0 Å². The summed E-state index contributed by atoms with van der Waals surface area (Å²) < 4.78 is 28.8. The molecule has 0 radical (unpaired) electrons. The fraction of sp³-hybridized carbons (Fsp3) is 0.444. The van der Waals surface area contributed by atoms with Gasteiger partial charge in [0.05, 0.1) is 7.11 Å². The van der Waals surface area contributed by atoms with Crippen LogP contribution in [-0.2, 0) is 21.0 Å². The minimum atomic E-state index is -5.54. The summed E-state index contributed by atoms with van der Waals surface area (Å²) in [7, 11) is -9.51. The van der Waals surface area contributed by atoms with Gasteiger partial charge in [-0.2, -0.15) is 0 Å². The predicted molar refractivity (Wildman–Crippen MR) is 108 cm³/mol. The molecule has 0 spiro atoms. The quantitative estimate of drug-likeness (QED) is 0.303. The van der Waals surface area contributed by atoms with E-state index in [0.717, 1.165) is 11.3 Å². The number of aliphatic hydroxyl groups is 1. The molecule has 0 aliphatic carbocycles. The van der Waals surface area contributed by atoms with Crippen LogP contribution in [0, 0.1) is 0 Å². The zero-order valence-electron chi connectivity index (χ0n) is 16.2. The number of nitrogens with one attached hydrogen (secondary N) is 1. The van der Waals surface area contributed by atoms with Crippen LogP contribution >= 0.6 is 15.2 Å². The van der Waals surface area contributed by atoms with Crippen molar-refractivity contribution in [3.63, 3.8) is 0 Å². The van der Waals surface area contributed by atoms with Crippen molar-refractivity contribution in [1.29, 1.82) is 0 Å². The molecule has 1 heterocycles. The summed E-state index contributed by atoms with van der Waals surface area (Å²) in [5.41, 5.74) is 0.417. The highest BCUT2D eigenvalue weighted by Crippen LogP contribution is 2.70. The smallest absolute Gasteiger partial charge is 0.369 e. The van der Waals surface area contributed by atoms with Crippen LogP contribution in [0.4, 0.5) is 0 Å². The SMILES string of the molecule is COc1ccc(CCCC(C)(CC(O)(P(=O)(O)O)P(=O)(O)O)c2ccc[nH]2)cc1. The van der Waals surface area contributed by atoms with Gasteiger partial charge in [-0.1, -0.05) is 19.1 Å². The first-order valence-corrected chi connectivity index (χ1v) is 12.2. The van der Waals surface area contributed by atoms with Crippen LogP contribution in [0.5, 0.6) is 5.75 Å². The van der Waals surface area contributed by atoms with Crippen molar-refractivity contribution in [2.75, 3.05) is 7.11 Å². The average molecular weight is 447 g/mol. The third kappa shape index (κ3) is 5.38. The van der Waals surface area contributed by atoms with Crippen LogP contribution in [0.3, 0.4) is 0 Å². The van der Waals surface area contributed by atoms with E-state index in [1.165, 1.54) is 0 Å². The summed E-state index contributed by atoms with van der Waals surface area (Å²) in [6, 6.07) is 10.8. The van der Waals surface area contributed by atoms with Crippen molar-refractivity contribution in [3.8, 4) is 5.75 Å². The van der Waals surface area contributed by atoms with Crippen molar-refractivity contribution >= 4 is 15.2 Å². The van der Waals surface area contributed by atoms with Gasteiger partial charge in [-0.05, 0) is 49.1 Å². The van der Waals surface area contributed by atoms with E-state index in [1.807, 2.05) is 24.3 Å². The van der Waals surface area contributed by atoms with Gasteiger partial charge in [0.15, 0.2) is 0 Å². The normalized spacial score (nSPS) is 15.1. The van der Waals surface area contributed by atoms with Crippen LogP contribution in [0.15, 0.2) is 42.6 Å². The zero-order chi connectivity index (χ0) is 21.9. The third-order valence-corrected chi connectivity index (χ3v) is 8.91. The lowest BCUT2D eigenvalue weighted by Crippen LogP contribution is -2.38. The largest absolute Gasteiger partial charge is 0.497 e. The van der Waals surface area contributed by atoms with Crippen molar-refractivity contribution in [2.45, 2.75) is 43.1 Å². The van der Waals surface area contributed by atoms with Crippen LogP contribution in [0.2, 0.25) is 0 Å². The van der Waals surface area contributed by atoms with E-state index < -0.39 is 32.1 Å². The van der Waals surface area contributed by atoms with Gasteiger partial charge < -0.3 is 34.4 Å². The molecule has 162 valence electrons. The maximum absolute atomic E-state index is 11.8. The van der Waals surface area contributed by atoms with Gasteiger partial charge >= 0.3 is 15.2 Å². The summed E-state index contributed by atoms with van der Waals surface area (Å²) in [6.07, 6.45) is 2.30. The maximum atomic E-state index is 11.8. The Balaban J connectivity index is 2.26. The Morgan fingerprint density at radius 1 is 1.03 bits per heavy atom. The Bertz CT molecular complexity index is 865. The van der Waals surface area contributed by atoms with Crippen molar-refractivity contribution in [1.82, 2.24) is 4.98 Å². The van der Waals surface area contributed by atoms with Gasteiger partial charge in [-0.15, -0.1) is 0 Å². The number of aromatic amines is 1. The molecule has 0 aliphatic rings. The first-order valence-electron chi connectivity index (χ1n) is 8.93. The van der Waals surface area contributed by atoms with Gasteiger partial charge in [0.25, 0.3) is 5.08 Å². The van der Waals surface area contributed by atoms with Gasteiger partial charge in [-0.3, -0.25) is 9.13 Å². The van der Waals surface area contributed by atoms with E-state index in [2.05, 4.69) is 4.98 Å². The minimum absolute atomic E-state index is 0.321. The fourth-order valence-corrected chi connectivity index (χ4v) is 5.87. The molecule has 0 aliphatic heterocycles. The molecule has 1 unspecified atom stereocenters. The molecule has 2 aromatic rings. The van der Waals surface area contributed by atoms with Crippen LogP contribution in [0.1, 0.15) is 37.4 Å². The standard InChI is InChI=1S/C18H27NO8P2/c1-17(16-6-4-12-19-16,13-18(20,28(21,22)23)29(24,25)26)11-3-5-14-7-9-15(27-2)10-8-14/h4,6-10,12,19-20H,3,5,11,13H2,1-2H3,(H2,21,22,23)(H2,24,25,26). The van der Waals surface area contributed by atoms with Gasteiger partial charge in [0, 0.05) is 23.7 Å². The van der Waals surface area contributed by atoms with E-state index in [0.29, 0.717) is 25.0 Å². The molecule has 9 nitrogen and oxygen atoms in total. The predicted octanol–water partition coefficient (Wildman–Crippen LogP) is 2.70. The highest BCUT2D eigenvalue weighted by Gasteiger charge is 2.62. The Morgan fingerprint density at radius 3 is 2.07 bits per heavy atom. The number of hydrogen-bond donors (Lipinski definition) is 6. The number of ether oxygens (including phenoxy) is 1. The number of methoxy groups -OCH3 is 1. The highest BCUT2D eigenvalue weighted by atomic mass is 31.2. The number of rotatable bonds is 10. The molecule has 11 heteroatoms. The molecule has 0 bridgehead atoms. The molecule has 0 fully saturated rings. The molecular weight excluding hydrogens is 420 g/mol. The van der Waals surface area contributed by atoms with Crippen molar-refractivity contribution in [3.05, 3.63) is 53.9 Å². The summed E-state index contributed by atoms with van der Waals surface area (Å²) in [4.78, 5) is 41.1. The number of aryl methyl sites for hydroxylation is 1. The molecule has 0 saturated carbocycles. The van der Waals surface area contributed by atoms with E-state index in [9.17, 15) is 33.8 Å². The molecule has 1 aromatic carbocycles. The lowest BCUT2D eigenvalue weighted by atomic mass is 9.78. The van der Waals surface area contributed by atoms with Crippen molar-refractivity contribution in [2.24, 2.45) is 0 Å². The summed E-state index contributed by atoms with van der Waals surface area (Å²) >= 11 is 0.